The molecular weight excluding hydrogens is 394 g/mol. The van der Waals surface area contributed by atoms with Crippen LogP contribution >= 0.6 is 23.6 Å². The van der Waals surface area contributed by atoms with Crippen LogP contribution in [0, 0.1) is 0 Å². The van der Waals surface area contributed by atoms with Crippen LogP contribution in [0.25, 0.3) is 16.7 Å². The van der Waals surface area contributed by atoms with Crippen molar-refractivity contribution >= 4 is 51.3 Å². The summed E-state index contributed by atoms with van der Waals surface area (Å²) in [6, 6.07) is 16.5. The van der Waals surface area contributed by atoms with Crippen molar-refractivity contribution in [2.24, 2.45) is 0 Å². The molecular formula is C19H15N5O2S2. The second-order valence-corrected chi connectivity index (χ2v) is 7.13. The normalized spacial score (nSPS) is 10.6. The van der Waals surface area contributed by atoms with Crippen LogP contribution in [-0.4, -0.2) is 33.1 Å². The van der Waals surface area contributed by atoms with Crippen LogP contribution in [0.2, 0.25) is 0 Å². The predicted molar refractivity (Wildman–Crippen MR) is 113 cm³/mol. The summed E-state index contributed by atoms with van der Waals surface area (Å²) >= 11 is 6.58. The standard InChI is InChI=1S/C19H15N5O2S2/c1-26-14-7-5-13(6-8-14)24-22-15-9-4-12(11-16(15)23-24)20-19(27)21-18(25)17-3-2-10-28-17/h2-11H,1H3,(H2,20,21,25,27). The van der Waals surface area contributed by atoms with E-state index in [-0.39, 0.29) is 11.0 Å². The maximum absolute atomic E-state index is 12.1. The summed E-state index contributed by atoms with van der Waals surface area (Å²) in [5, 5.41) is 16.7. The number of aromatic nitrogens is 3. The lowest BCUT2D eigenvalue weighted by molar-refractivity contribution is 0.0981. The summed E-state index contributed by atoms with van der Waals surface area (Å²) in [5.74, 6) is 0.532. The Morgan fingerprint density at radius 1 is 1.11 bits per heavy atom. The number of thiophene rings is 1. The molecule has 140 valence electrons. The van der Waals surface area contributed by atoms with E-state index in [1.165, 1.54) is 11.3 Å². The Morgan fingerprint density at radius 3 is 2.61 bits per heavy atom. The molecule has 0 saturated carbocycles. The van der Waals surface area contributed by atoms with Crippen LogP contribution in [0.5, 0.6) is 5.75 Å². The minimum Gasteiger partial charge on any atom is -0.497 e. The molecule has 0 unspecified atom stereocenters. The molecule has 4 aromatic rings. The zero-order chi connectivity index (χ0) is 19.5. The minimum atomic E-state index is -0.237. The number of methoxy groups -OCH3 is 1. The van der Waals surface area contributed by atoms with Crippen LogP contribution in [0.4, 0.5) is 5.69 Å². The molecule has 2 aromatic carbocycles. The predicted octanol–water partition coefficient (Wildman–Crippen LogP) is 3.62. The molecule has 0 fully saturated rings. The second-order valence-electron chi connectivity index (χ2n) is 5.78. The minimum absolute atomic E-state index is 0.222. The maximum Gasteiger partial charge on any atom is 0.267 e. The molecule has 7 nitrogen and oxygen atoms in total. The summed E-state index contributed by atoms with van der Waals surface area (Å²) < 4.78 is 5.17. The summed E-state index contributed by atoms with van der Waals surface area (Å²) in [6.45, 7) is 0. The van der Waals surface area contributed by atoms with E-state index in [1.54, 1.807) is 18.0 Å². The van der Waals surface area contributed by atoms with Gasteiger partial charge in [0, 0.05) is 5.69 Å². The molecule has 2 N–H and O–H groups in total. The third-order valence-electron chi connectivity index (χ3n) is 3.91. The monoisotopic (exact) mass is 409 g/mol. The molecule has 2 heterocycles. The lowest BCUT2D eigenvalue weighted by Crippen LogP contribution is -2.33. The third-order valence-corrected chi connectivity index (χ3v) is 4.99. The lowest BCUT2D eigenvalue weighted by Gasteiger charge is -2.08. The number of ether oxygens (including phenoxy) is 1. The highest BCUT2D eigenvalue weighted by Gasteiger charge is 2.10. The van der Waals surface area contributed by atoms with Crippen LogP contribution in [0.3, 0.4) is 0 Å². The van der Waals surface area contributed by atoms with Gasteiger partial charge in [0.25, 0.3) is 5.91 Å². The second kappa shape index (κ2) is 7.75. The molecule has 1 amide bonds. The number of carbonyl (C=O) groups excluding carboxylic acids is 1. The molecule has 0 aliphatic rings. The first-order valence-electron chi connectivity index (χ1n) is 8.30. The van der Waals surface area contributed by atoms with Gasteiger partial charge in [-0.15, -0.1) is 21.5 Å². The Balaban J connectivity index is 1.49. The SMILES string of the molecule is COc1ccc(-n2nc3ccc(NC(=S)NC(=O)c4cccs4)cc3n2)cc1. The summed E-state index contributed by atoms with van der Waals surface area (Å²) in [5.41, 5.74) is 2.99. The van der Waals surface area contributed by atoms with E-state index in [9.17, 15) is 4.79 Å². The molecule has 0 atom stereocenters. The number of hydrogen-bond donors (Lipinski definition) is 2. The van der Waals surface area contributed by atoms with Gasteiger partial charge in [0.1, 0.15) is 16.8 Å². The van der Waals surface area contributed by atoms with Gasteiger partial charge in [-0.1, -0.05) is 6.07 Å². The maximum atomic E-state index is 12.1. The van der Waals surface area contributed by atoms with Gasteiger partial charge in [-0.2, -0.15) is 4.80 Å². The summed E-state index contributed by atoms with van der Waals surface area (Å²) in [7, 11) is 1.62. The number of carbonyl (C=O) groups is 1. The fourth-order valence-corrected chi connectivity index (χ4v) is 3.39. The van der Waals surface area contributed by atoms with E-state index in [2.05, 4.69) is 20.8 Å². The third kappa shape index (κ3) is 3.85. The highest BCUT2D eigenvalue weighted by atomic mass is 32.1. The number of nitrogens with one attached hydrogen (secondary N) is 2. The highest BCUT2D eigenvalue weighted by Crippen LogP contribution is 2.19. The lowest BCUT2D eigenvalue weighted by atomic mass is 10.3. The number of anilines is 1. The van der Waals surface area contributed by atoms with Gasteiger partial charge in [-0.05, 0) is 66.1 Å². The molecule has 0 radical (unpaired) electrons. The molecule has 0 bridgehead atoms. The van der Waals surface area contributed by atoms with E-state index in [0.717, 1.165) is 17.0 Å². The smallest absolute Gasteiger partial charge is 0.267 e. The number of thiocarbonyl (C=S) groups is 1. The van der Waals surface area contributed by atoms with Gasteiger partial charge in [0.15, 0.2) is 5.11 Å². The van der Waals surface area contributed by atoms with Crippen LogP contribution in [0.15, 0.2) is 60.0 Å². The zero-order valence-electron chi connectivity index (χ0n) is 14.7. The van der Waals surface area contributed by atoms with E-state index >= 15 is 0 Å². The number of amides is 1. The van der Waals surface area contributed by atoms with Crippen molar-refractivity contribution in [3.8, 4) is 11.4 Å². The quantitative estimate of drug-likeness (QED) is 0.501. The Labute approximate surface area is 169 Å². The summed E-state index contributed by atoms with van der Waals surface area (Å²) in [6.07, 6.45) is 0. The van der Waals surface area contributed by atoms with Crippen LogP contribution < -0.4 is 15.4 Å². The molecule has 2 aromatic heterocycles. The van der Waals surface area contributed by atoms with Gasteiger partial charge >= 0.3 is 0 Å². The van der Waals surface area contributed by atoms with Crippen molar-refractivity contribution in [1.82, 2.24) is 20.3 Å². The van der Waals surface area contributed by atoms with Crippen molar-refractivity contribution in [3.05, 3.63) is 64.9 Å². The van der Waals surface area contributed by atoms with E-state index in [0.29, 0.717) is 16.1 Å². The van der Waals surface area contributed by atoms with Gasteiger partial charge in [0.2, 0.25) is 0 Å². The first kappa shape index (κ1) is 18.1. The molecule has 0 aliphatic carbocycles. The van der Waals surface area contributed by atoms with E-state index in [1.807, 2.05) is 53.9 Å². The van der Waals surface area contributed by atoms with Crippen molar-refractivity contribution < 1.29 is 9.53 Å². The molecule has 0 saturated heterocycles. The van der Waals surface area contributed by atoms with E-state index < -0.39 is 0 Å². The highest BCUT2D eigenvalue weighted by molar-refractivity contribution is 7.80. The van der Waals surface area contributed by atoms with Crippen molar-refractivity contribution in [2.75, 3.05) is 12.4 Å². The molecule has 0 spiro atoms. The molecule has 4 rings (SSSR count). The average Bonchev–Trinajstić information content (AvgIpc) is 3.37. The van der Waals surface area contributed by atoms with Crippen LogP contribution in [0.1, 0.15) is 9.67 Å². The van der Waals surface area contributed by atoms with Crippen LogP contribution in [-0.2, 0) is 0 Å². The van der Waals surface area contributed by atoms with E-state index in [4.69, 9.17) is 17.0 Å². The Bertz CT molecular complexity index is 1140. The zero-order valence-corrected chi connectivity index (χ0v) is 16.4. The molecule has 0 aliphatic heterocycles. The molecule has 9 heteroatoms. The van der Waals surface area contributed by atoms with Gasteiger partial charge < -0.3 is 10.1 Å². The number of rotatable bonds is 4. The number of benzene rings is 2. The number of nitrogens with zero attached hydrogens (tertiary/aromatic N) is 3. The first-order valence-corrected chi connectivity index (χ1v) is 9.58. The van der Waals surface area contributed by atoms with Crippen molar-refractivity contribution in [2.45, 2.75) is 0 Å². The van der Waals surface area contributed by atoms with Gasteiger partial charge in [-0.25, -0.2) is 0 Å². The topological polar surface area (TPSA) is 81.1 Å². The Morgan fingerprint density at radius 2 is 1.89 bits per heavy atom. The Kier molecular flexibility index (Phi) is 5.00. The number of fused-ring (bicyclic) bond motifs is 1. The largest absolute Gasteiger partial charge is 0.497 e. The first-order chi connectivity index (χ1) is 13.6. The van der Waals surface area contributed by atoms with Crippen molar-refractivity contribution in [1.29, 1.82) is 0 Å². The van der Waals surface area contributed by atoms with Crippen molar-refractivity contribution in [3.63, 3.8) is 0 Å². The molecule has 28 heavy (non-hydrogen) atoms. The van der Waals surface area contributed by atoms with Gasteiger partial charge in [-0.3, -0.25) is 10.1 Å². The van der Waals surface area contributed by atoms with Gasteiger partial charge in [0.05, 0.1) is 17.7 Å². The Hall–Kier alpha value is -3.30. The summed E-state index contributed by atoms with van der Waals surface area (Å²) in [4.78, 5) is 14.2. The fraction of sp³-hybridized carbons (Fsp3) is 0.0526. The number of hydrogen-bond acceptors (Lipinski definition) is 6. The average molecular weight is 409 g/mol. The fourth-order valence-electron chi connectivity index (χ4n) is 2.56.